The van der Waals surface area contributed by atoms with E-state index in [4.69, 9.17) is 4.74 Å². The van der Waals surface area contributed by atoms with Crippen LogP contribution in [0.2, 0.25) is 0 Å². The Hall–Kier alpha value is -3.08. The van der Waals surface area contributed by atoms with Gasteiger partial charge in [-0.15, -0.1) is 0 Å². The SMILES string of the molecule is COC(=O)C1=C(O)c2ccccc2N(Cc2ccc(C)cc2C)C(=O)C1. The van der Waals surface area contributed by atoms with Gasteiger partial charge in [-0.25, -0.2) is 4.79 Å². The Labute approximate surface area is 152 Å². The van der Waals surface area contributed by atoms with Gasteiger partial charge in [0, 0.05) is 5.56 Å². The molecule has 134 valence electrons. The van der Waals surface area contributed by atoms with Gasteiger partial charge >= 0.3 is 5.97 Å². The number of hydrogen-bond acceptors (Lipinski definition) is 4. The number of esters is 1. The fourth-order valence-corrected chi connectivity index (χ4v) is 3.20. The maximum atomic E-state index is 12.9. The number of aliphatic hydroxyl groups excluding tert-OH is 1. The smallest absolute Gasteiger partial charge is 0.338 e. The van der Waals surface area contributed by atoms with E-state index < -0.39 is 5.97 Å². The maximum absolute atomic E-state index is 12.9. The molecule has 5 heteroatoms. The van der Waals surface area contributed by atoms with Crippen molar-refractivity contribution >= 4 is 23.3 Å². The molecular weight excluding hydrogens is 330 g/mol. The molecule has 0 saturated carbocycles. The number of hydrogen-bond donors (Lipinski definition) is 1. The van der Waals surface area contributed by atoms with Gasteiger partial charge in [0.25, 0.3) is 0 Å². The van der Waals surface area contributed by atoms with E-state index >= 15 is 0 Å². The number of aryl methyl sites for hydroxylation is 2. The molecule has 1 aliphatic rings. The lowest BCUT2D eigenvalue weighted by Crippen LogP contribution is -2.31. The molecule has 2 aromatic carbocycles. The molecule has 0 radical (unpaired) electrons. The summed E-state index contributed by atoms with van der Waals surface area (Å²) in [6, 6.07) is 13.1. The topological polar surface area (TPSA) is 66.8 Å². The minimum atomic E-state index is -0.695. The van der Waals surface area contributed by atoms with Crippen LogP contribution in [0.1, 0.15) is 28.7 Å². The van der Waals surface area contributed by atoms with Gasteiger partial charge in [-0.2, -0.15) is 0 Å². The molecule has 26 heavy (non-hydrogen) atoms. The Balaban J connectivity index is 2.08. The van der Waals surface area contributed by atoms with Gasteiger partial charge in [0.1, 0.15) is 5.76 Å². The molecule has 3 rings (SSSR count). The molecule has 0 spiro atoms. The Morgan fingerprint density at radius 3 is 2.62 bits per heavy atom. The van der Waals surface area contributed by atoms with Crippen LogP contribution >= 0.6 is 0 Å². The van der Waals surface area contributed by atoms with E-state index in [1.165, 1.54) is 7.11 Å². The molecule has 0 aromatic heterocycles. The number of anilines is 1. The van der Waals surface area contributed by atoms with Crippen molar-refractivity contribution in [3.63, 3.8) is 0 Å². The van der Waals surface area contributed by atoms with Crippen LogP contribution < -0.4 is 4.90 Å². The Morgan fingerprint density at radius 1 is 1.19 bits per heavy atom. The zero-order valence-corrected chi connectivity index (χ0v) is 15.1. The summed E-state index contributed by atoms with van der Waals surface area (Å²) in [5.41, 5.74) is 4.26. The summed E-state index contributed by atoms with van der Waals surface area (Å²) in [5, 5.41) is 10.6. The number of aliphatic hydroxyl groups is 1. The Bertz CT molecular complexity index is 914. The number of rotatable bonds is 3. The molecule has 0 fully saturated rings. The van der Waals surface area contributed by atoms with Crippen molar-refractivity contribution in [2.45, 2.75) is 26.8 Å². The molecule has 0 saturated heterocycles. The van der Waals surface area contributed by atoms with E-state index in [1.807, 2.05) is 26.0 Å². The van der Waals surface area contributed by atoms with Crippen molar-refractivity contribution in [2.75, 3.05) is 12.0 Å². The zero-order chi connectivity index (χ0) is 18.8. The quantitative estimate of drug-likeness (QED) is 0.857. The average Bonchev–Trinajstić information content (AvgIpc) is 2.73. The van der Waals surface area contributed by atoms with Crippen LogP contribution in [0.4, 0.5) is 5.69 Å². The highest BCUT2D eigenvalue weighted by Crippen LogP contribution is 2.34. The summed E-state index contributed by atoms with van der Waals surface area (Å²) >= 11 is 0. The van der Waals surface area contributed by atoms with Gasteiger partial charge in [-0.3, -0.25) is 4.79 Å². The van der Waals surface area contributed by atoms with Gasteiger partial charge in [-0.1, -0.05) is 35.9 Å². The van der Waals surface area contributed by atoms with E-state index in [0.29, 0.717) is 17.8 Å². The van der Waals surface area contributed by atoms with Crippen LogP contribution in [0, 0.1) is 13.8 Å². The van der Waals surface area contributed by atoms with Crippen molar-refractivity contribution in [3.05, 3.63) is 70.3 Å². The number of benzene rings is 2. The maximum Gasteiger partial charge on any atom is 0.338 e. The summed E-state index contributed by atoms with van der Waals surface area (Å²) in [6.45, 7) is 4.39. The summed E-state index contributed by atoms with van der Waals surface area (Å²) in [7, 11) is 1.23. The minimum Gasteiger partial charge on any atom is -0.507 e. The first-order valence-electron chi connectivity index (χ1n) is 8.38. The van der Waals surface area contributed by atoms with Gasteiger partial charge in [0.2, 0.25) is 5.91 Å². The number of amides is 1. The molecular formula is C21H21NO4. The second-order valence-electron chi connectivity index (χ2n) is 6.42. The normalized spacial score (nSPS) is 14.1. The molecule has 0 bridgehead atoms. The van der Waals surface area contributed by atoms with Crippen LogP contribution in [0.3, 0.4) is 0 Å². The summed E-state index contributed by atoms with van der Waals surface area (Å²) in [4.78, 5) is 26.6. The first kappa shape index (κ1) is 17.7. The fourth-order valence-electron chi connectivity index (χ4n) is 3.20. The third-order valence-electron chi connectivity index (χ3n) is 4.62. The standard InChI is InChI=1S/C21H21NO4/c1-13-8-9-15(14(2)10-13)12-22-18-7-5-4-6-16(18)20(24)17(11-19(22)23)21(25)26-3/h4-10,24H,11-12H2,1-3H3. The van der Waals surface area contributed by atoms with E-state index in [-0.39, 0.29) is 23.7 Å². The predicted molar refractivity (Wildman–Crippen MR) is 99.7 cm³/mol. The molecule has 0 aliphatic carbocycles. The van der Waals surface area contributed by atoms with Crippen molar-refractivity contribution in [3.8, 4) is 0 Å². The van der Waals surface area contributed by atoms with Crippen LogP contribution in [0.5, 0.6) is 0 Å². The van der Waals surface area contributed by atoms with Gasteiger partial charge in [0.05, 0.1) is 31.3 Å². The molecule has 1 N–H and O–H groups in total. The van der Waals surface area contributed by atoms with Crippen LogP contribution in [-0.2, 0) is 20.9 Å². The first-order chi connectivity index (χ1) is 12.4. The minimum absolute atomic E-state index is 0.0203. The predicted octanol–water partition coefficient (Wildman–Crippen LogP) is 3.68. The third kappa shape index (κ3) is 3.20. The summed E-state index contributed by atoms with van der Waals surface area (Å²) < 4.78 is 4.74. The number of fused-ring (bicyclic) bond motifs is 1. The van der Waals surface area contributed by atoms with E-state index in [0.717, 1.165) is 16.7 Å². The van der Waals surface area contributed by atoms with Crippen molar-refractivity contribution in [1.29, 1.82) is 0 Å². The molecule has 0 atom stereocenters. The molecule has 1 amide bonds. The largest absolute Gasteiger partial charge is 0.507 e. The van der Waals surface area contributed by atoms with Crippen LogP contribution in [0.25, 0.3) is 5.76 Å². The summed E-state index contributed by atoms with van der Waals surface area (Å²) in [5.74, 6) is -1.16. The number of carbonyl (C=O) groups is 2. The number of nitrogens with zero attached hydrogens (tertiary/aromatic N) is 1. The number of carbonyl (C=O) groups excluding carboxylic acids is 2. The number of ether oxygens (including phenoxy) is 1. The second kappa shape index (κ2) is 7.04. The van der Waals surface area contributed by atoms with Gasteiger partial charge in [0.15, 0.2) is 0 Å². The van der Waals surface area contributed by atoms with E-state index in [2.05, 4.69) is 6.07 Å². The van der Waals surface area contributed by atoms with Crippen LogP contribution in [0.15, 0.2) is 48.0 Å². The monoisotopic (exact) mass is 351 g/mol. The highest BCUT2D eigenvalue weighted by Gasteiger charge is 2.31. The third-order valence-corrected chi connectivity index (χ3v) is 4.62. The Morgan fingerprint density at radius 2 is 1.92 bits per heavy atom. The molecule has 1 aliphatic heterocycles. The molecule has 0 unspecified atom stereocenters. The number of para-hydroxylation sites is 1. The Kier molecular flexibility index (Phi) is 4.80. The first-order valence-corrected chi connectivity index (χ1v) is 8.38. The highest BCUT2D eigenvalue weighted by atomic mass is 16.5. The van der Waals surface area contributed by atoms with Crippen molar-refractivity contribution < 1.29 is 19.4 Å². The zero-order valence-electron chi connectivity index (χ0n) is 15.1. The van der Waals surface area contributed by atoms with E-state index in [9.17, 15) is 14.7 Å². The van der Waals surface area contributed by atoms with Crippen molar-refractivity contribution in [2.24, 2.45) is 0 Å². The average molecular weight is 351 g/mol. The molecule has 1 heterocycles. The summed E-state index contributed by atoms with van der Waals surface area (Å²) in [6.07, 6.45) is -0.210. The lowest BCUT2D eigenvalue weighted by molar-refractivity contribution is -0.137. The fraction of sp³-hybridized carbons (Fsp3) is 0.238. The van der Waals surface area contributed by atoms with E-state index in [1.54, 1.807) is 29.2 Å². The lowest BCUT2D eigenvalue weighted by atomic mass is 10.0. The highest BCUT2D eigenvalue weighted by molar-refractivity contribution is 6.09. The van der Waals surface area contributed by atoms with Gasteiger partial charge in [-0.05, 0) is 37.1 Å². The number of methoxy groups -OCH3 is 1. The van der Waals surface area contributed by atoms with Crippen molar-refractivity contribution in [1.82, 2.24) is 0 Å². The van der Waals surface area contributed by atoms with Gasteiger partial charge < -0.3 is 14.7 Å². The molecule has 2 aromatic rings. The second-order valence-corrected chi connectivity index (χ2v) is 6.42. The van der Waals surface area contributed by atoms with Crippen LogP contribution in [-0.4, -0.2) is 24.1 Å². The molecule has 5 nitrogen and oxygen atoms in total. The lowest BCUT2D eigenvalue weighted by Gasteiger charge is -2.24.